The van der Waals surface area contributed by atoms with Crippen LogP contribution in [0.5, 0.6) is 0 Å². The molecule has 1 rings (SSSR count). The maximum absolute atomic E-state index is 12.0. The van der Waals surface area contributed by atoms with Crippen LogP contribution < -0.4 is 10.5 Å². The first-order valence-corrected chi connectivity index (χ1v) is 9.02. The van der Waals surface area contributed by atoms with Crippen LogP contribution in [0.3, 0.4) is 0 Å². The quantitative estimate of drug-likeness (QED) is 0.809. The largest absolute Gasteiger partial charge is 0.324 e. The van der Waals surface area contributed by atoms with Crippen molar-refractivity contribution < 1.29 is 8.42 Å². The Hall–Kier alpha value is -0.560. The highest BCUT2D eigenvalue weighted by Crippen LogP contribution is 2.15. The number of nitrogens with two attached hydrogens (primary N) is 1. The molecule has 6 heteroatoms. The van der Waals surface area contributed by atoms with Gasteiger partial charge in [-0.05, 0) is 37.3 Å². The average molecular weight is 302 g/mol. The topological polar surface area (TPSA) is 72.2 Å². The molecule has 19 heavy (non-hydrogen) atoms. The summed E-state index contributed by atoms with van der Waals surface area (Å²) < 4.78 is 26.7. The van der Waals surface area contributed by atoms with Crippen LogP contribution in [-0.4, -0.2) is 26.5 Å². The summed E-state index contributed by atoms with van der Waals surface area (Å²) in [6, 6.07) is 6.61. The summed E-state index contributed by atoms with van der Waals surface area (Å²) >= 11 is 1.73. The van der Waals surface area contributed by atoms with E-state index >= 15 is 0 Å². The second kappa shape index (κ2) is 7.28. The van der Waals surface area contributed by atoms with Crippen LogP contribution >= 0.6 is 11.8 Å². The van der Waals surface area contributed by atoms with Crippen molar-refractivity contribution in [2.24, 2.45) is 5.73 Å². The molecule has 4 nitrogen and oxygen atoms in total. The second-order valence-corrected chi connectivity index (χ2v) is 7.63. The number of sulfonamides is 1. The lowest BCUT2D eigenvalue weighted by Gasteiger charge is -2.11. The fourth-order valence-electron chi connectivity index (χ4n) is 1.55. The van der Waals surface area contributed by atoms with Crippen LogP contribution in [0, 0.1) is 0 Å². The lowest BCUT2D eigenvalue weighted by atomic mass is 10.1. The Kier molecular flexibility index (Phi) is 6.32. The fourth-order valence-corrected chi connectivity index (χ4v) is 2.95. The Morgan fingerprint density at radius 3 is 2.32 bits per heavy atom. The highest BCUT2D eigenvalue weighted by atomic mass is 32.2. The van der Waals surface area contributed by atoms with E-state index in [1.54, 1.807) is 36.0 Å². The third kappa shape index (κ3) is 5.14. The van der Waals surface area contributed by atoms with Crippen molar-refractivity contribution in [3.05, 3.63) is 29.8 Å². The maximum Gasteiger partial charge on any atom is 0.240 e. The van der Waals surface area contributed by atoms with E-state index in [2.05, 4.69) is 11.6 Å². The smallest absolute Gasteiger partial charge is 0.240 e. The molecule has 0 aliphatic heterocycles. The van der Waals surface area contributed by atoms with Gasteiger partial charge < -0.3 is 5.73 Å². The summed E-state index contributed by atoms with van der Waals surface area (Å²) in [7, 11) is -3.41. The third-order valence-electron chi connectivity index (χ3n) is 2.96. The van der Waals surface area contributed by atoms with Crippen molar-refractivity contribution in [1.82, 2.24) is 4.72 Å². The molecule has 2 unspecified atom stereocenters. The number of benzene rings is 1. The summed E-state index contributed by atoms with van der Waals surface area (Å²) in [6.45, 7) is 4.40. The van der Waals surface area contributed by atoms with Gasteiger partial charge in [-0.25, -0.2) is 13.1 Å². The zero-order valence-corrected chi connectivity index (χ0v) is 13.2. The first kappa shape index (κ1) is 16.5. The fraction of sp³-hybridized carbons (Fsp3) is 0.538. The molecule has 0 aromatic heterocycles. The lowest BCUT2D eigenvalue weighted by Crippen LogP contribution is -2.26. The van der Waals surface area contributed by atoms with Crippen molar-refractivity contribution in [1.29, 1.82) is 0 Å². The predicted octanol–water partition coefficient (Wildman–Crippen LogP) is 2.13. The van der Waals surface area contributed by atoms with Crippen molar-refractivity contribution in [3.63, 3.8) is 0 Å². The first-order chi connectivity index (χ1) is 8.86. The van der Waals surface area contributed by atoms with Crippen molar-refractivity contribution >= 4 is 21.8 Å². The van der Waals surface area contributed by atoms with Gasteiger partial charge in [0.05, 0.1) is 4.90 Å². The molecule has 1 aromatic rings. The Morgan fingerprint density at radius 2 is 1.84 bits per heavy atom. The van der Waals surface area contributed by atoms with Gasteiger partial charge in [0.15, 0.2) is 0 Å². The molecule has 0 saturated carbocycles. The Balaban J connectivity index is 2.67. The van der Waals surface area contributed by atoms with E-state index in [4.69, 9.17) is 5.73 Å². The Labute approximate surface area is 120 Å². The zero-order chi connectivity index (χ0) is 14.5. The monoisotopic (exact) mass is 302 g/mol. The molecule has 0 bridgehead atoms. The van der Waals surface area contributed by atoms with Crippen molar-refractivity contribution in [2.45, 2.75) is 36.5 Å². The minimum atomic E-state index is -3.41. The molecule has 0 aliphatic carbocycles. The van der Waals surface area contributed by atoms with Gasteiger partial charge in [0.1, 0.15) is 0 Å². The van der Waals surface area contributed by atoms with E-state index in [0.717, 1.165) is 12.0 Å². The summed E-state index contributed by atoms with van der Waals surface area (Å²) in [5, 5.41) is 0.447. The number of hydrogen-bond donors (Lipinski definition) is 2. The van der Waals surface area contributed by atoms with Crippen LogP contribution in [0.25, 0.3) is 0 Å². The molecule has 3 N–H and O–H groups in total. The molecule has 0 spiro atoms. The van der Waals surface area contributed by atoms with Crippen molar-refractivity contribution in [3.8, 4) is 0 Å². The summed E-state index contributed by atoms with van der Waals surface area (Å²) in [6.07, 6.45) is 2.84. The number of hydrogen-bond acceptors (Lipinski definition) is 4. The molecular formula is C13H22N2O2S2. The molecule has 0 saturated heterocycles. The normalized spacial score (nSPS) is 15.2. The Morgan fingerprint density at radius 1 is 1.26 bits per heavy atom. The van der Waals surface area contributed by atoms with Gasteiger partial charge in [-0.3, -0.25) is 0 Å². The molecule has 0 aliphatic rings. The van der Waals surface area contributed by atoms with E-state index in [0.29, 0.717) is 11.8 Å². The van der Waals surface area contributed by atoms with E-state index in [1.165, 1.54) is 0 Å². The van der Waals surface area contributed by atoms with E-state index in [-0.39, 0.29) is 10.9 Å². The molecule has 0 fully saturated rings. The Bertz CT molecular complexity index is 484. The van der Waals surface area contributed by atoms with Crippen molar-refractivity contribution in [2.75, 3.05) is 12.8 Å². The summed E-state index contributed by atoms with van der Waals surface area (Å²) in [4.78, 5) is 0.286. The van der Waals surface area contributed by atoms with Crippen LogP contribution in [0.4, 0.5) is 0 Å². The van der Waals surface area contributed by atoms with E-state index < -0.39 is 10.0 Å². The molecule has 1 aromatic carbocycles. The van der Waals surface area contributed by atoms with Crippen LogP contribution in [0.15, 0.2) is 29.2 Å². The molecule has 0 radical (unpaired) electrons. The van der Waals surface area contributed by atoms with Crippen LogP contribution in [-0.2, 0) is 10.0 Å². The van der Waals surface area contributed by atoms with Crippen LogP contribution in [0.2, 0.25) is 0 Å². The molecule has 108 valence electrons. The molecule has 0 amide bonds. The zero-order valence-electron chi connectivity index (χ0n) is 11.6. The van der Waals surface area contributed by atoms with Gasteiger partial charge in [-0.2, -0.15) is 11.8 Å². The minimum Gasteiger partial charge on any atom is -0.324 e. The highest BCUT2D eigenvalue weighted by molar-refractivity contribution is 7.99. The van der Waals surface area contributed by atoms with Gasteiger partial charge in [-0.1, -0.05) is 19.1 Å². The van der Waals surface area contributed by atoms with E-state index in [1.807, 2.05) is 13.2 Å². The maximum atomic E-state index is 12.0. The average Bonchev–Trinajstić information content (AvgIpc) is 2.38. The predicted molar refractivity (Wildman–Crippen MR) is 81.8 cm³/mol. The third-order valence-corrected chi connectivity index (χ3v) is 5.48. The number of nitrogens with one attached hydrogen (secondary N) is 1. The number of thioether (sulfide) groups is 1. The minimum absolute atomic E-state index is 0.0906. The lowest BCUT2D eigenvalue weighted by molar-refractivity contribution is 0.579. The van der Waals surface area contributed by atoms with E-state index in [9.17, 15) is 8.42 Å². The van der Waals surface area contributed by atoms with Gasteiger partial charge in [0, 0.05) is 17.8 Å². The standard InChI is InChI=1S/C13H22N2O2S2/c1-10(18-3)8-9-15-19(16,17)13-6-4-12(5-7-13)11(2)14/h4-7,10-11,15H,8-9,14H2,1-3H3. The van der Waals surface area contributed by atoms with Gasteiger partial charge >= 0.3 is 0 Å². The van der Waals surface area contributed by atoms with Gasteiger partial charge in [0.25, 0.3) is 0 Å². The SMILES string of the molecule is CSC(C)CCNS(=O)(=O)c1ccc(C(C)N)cc1. The summed E-state index contributed by atoms with van der Waals surface area (Å²) in [5.74, 6) is 0. The summed E-state index contributed by atoms with van der Waals surface area (Å²) in [5.41, 5.74) is 6.66. The molecule has 0 heterocycles. The molecular weight excluding hydrogens is 280 g/mol. The highest BCUT2D eigenvalue weighted by Gasteiger charge is 2.14. The van der Waals surface area contributed by atoms with Gasteiger partial charge in [-0.15, -0.1) is 0 Å². The molecule has 2 atom stereocenters. The van der Waals surface area contributed by atoms with Gasteiger partial charge in [0.2, 0.25) is 10.0 Å². The number of rotatable bonds is 7. The van der Waals surface area contributed by atoms with Crippen LogP contribution in [0.1, 0.15) is 31.9 Å². The second-order valence-electron chi connectivity index (χ2n) is 4.59. The first-order valence-electron chi connectivity index (χ1n) is 6.25.